The molecule has 0 radical (unpaired) electrons. The van der Waals surface area contributed by atoms with Gasteiger partial charge in [-0.3, -0.25) is 9.59 Å². The van der Waals surface area contributed by atoms with Gasteiger partial charge in [0.05, 0.1) is 14.2 Å². The van der Waals surface area contributed by atoms with E-state index in [1.807, 2.05) is 24.3 Å². The summed E-state index contributed by atoms with van der Waals surface area (Å²) in [6.45, 7) is 0. The lowest BCUT2D eigenvalue weighted by atomic mass is 10.1. The zero-order chi connectivity index (χ0) is 21.3. The smallest absolute Gasteiger partial charge is 0.185 e. The maximum Gasteiger partial charge on any atom is 0.185 e. The first kappa shape index (κ1) is 20.8. The van der Waals surface area contributed by atoms with Gasteiger partial charge < -0.3 is 9.47 Å². The molecule has 0 aromatic heterocycles. The van der Waals surface area contributed by atoms with Crippen molar-refractivity contribution in [3.05, 3.63) is 107 Å². The summed E-state index contributed by atoms with van der Waals surface area (Å²) in [4.78, 5) is 24.8. The Morgan fingerprint density at radius 1 is 0.633 bits per heavy atom. The molecular formula is C26H22O4. The van der Waals surface area contributed by atoms with Crippen LogP contribution >= 0.6 is 0 Å². The summed E-state index contributed by atoms with van der Waals surface area (Å²) < 4.78 is 10.3. The number of allylic oxidation sites excluding steroid dienone is 2. The van der Waals surface area contributed by atoms with Crippen LogP contribution in [0.1, 0.15) is 31.8 Å². The van der Waals surface area contributed by atoms with Gasteiger partial charge in [0.2, 0.25) is 0 Å². The molecule has 3 aromatic rings. The van der Waals surface area contributed by atoms with Gasteiger partial charge in [-0.05, 0) is 53.6 Å². The fourth-order valence-electron chi connectivity index (χ4n) is 2.86. The SMILES string of the molecule is COc1cccc(C(=O)/C=C/c2cccc(/C=C/C(=O)c3cccc(OC)c3)c2)c1. The minimum atomic E-state index is -0.108. The molecule has 0 saturated carbocycles. The zero-order valence-electron chi connectivity index (χ0n) is 16.9. The van der Waals surface area contributed by atoms with Gasteiger partial charge in [0.1, 0.15) is 11.5 Å². The third-order valence-electron chi connectivity index (χ3n) is 4.47. The molecule has 0 spiro atoms. The summed E-state index contributed by atoms with van der Waals surface area (Å²) in [5.41, 5.74) is 2.85. The summed E-state index contributed by atoms with van der Waals surface area (Å²) >= 11 is 0. The van der Waals surface area contributed by atoms with Crippen LogP contribution in [0.4, 0.5) is 0 Å². The molecule has 0 aliphatic carbocycles. The first-order valence-electron chi connectivity index (χ1n) is 9.42. The molecule has 4 heteroatoms. The second-order valence-electron chi connectivity index (χ2n) is 6.53. The Morgan fingerprint density at radius 3 is 1.50 bits per heavy atom. The third-order valence-corrected chi connectivity index (χ3v) is 4.47. The monoisotopic (exact) mass is 398 g/mol. The molecular weight excluding hydrogens is 376 g/mol. The first-order chi connectivity index (χ1) is 14.6. The average Bonchev–Trinajstić information content (AvgIpc) is 2.81. The van der Waals surface area contributed by atoms with E-state index in [2.05, 4.69) is 0 Å². The minimum absolute atomic E-state index is 0.108. The van der Waals surface area contributed by atoms with Gasteiger partial charge in [0, 0.05) is 11.1 Å². The van der Waals surface area contributed by atoms with Crippen LogP contribution in [-0.2, 0) is 0 Å². The van der Waals surface area contributed by atoms with E-state index in [0.29, 0.717) is 22.6 Å². The summed E-state index contributed by atoms with van der Waals surface area (Å²) in [7, 11) is 3.13. The predicted octanol–water partition coefficient (Wildman–Crippen LogP) is 5.50. The largest absolute Gasteiger partial charge is 0.497 e. The van der Waals surface area contributed by atoms with Crippen LogP contribution in [-0.4, -0.2) is 25.8 Å². The minimum Gasteiger partial charge on any atom is -0.497 e. The van der Waals surface area contributed by atoms with Crippen LogP contribution in [0.25, 0.3) is 12.2 Å². The summed E-state index contributed by atoms with van der Waals surface area (Å²) in [6, 6.07) is 21.6. The van der Waals surface area contributed by atoms with Crippen molar-refractivity contribution in [1.82, 2.24) is 0 Å². The standard InChI is InChI=1S/C26H22O4/c1-29-23-10-4-8-21(17-23)25(27)14-12-19-6-3-7-20(16-19)13-15-26(28)22-9-5-11-24(18-22)30-2/h3-18H,1-2H3/b14-12+,15-13+. The third kappa shape index (κ3) is 5.55. The summed E-state index contributed by atoms with van der Waals surface area (Å²) in [6.07, 6.45) is 6.56. The number of ketones is 2. The highest BCUT2D eigenvalue weighted by atomic mass is 16.5. The molecule has 0 unspecified atom stereocenters. The Balaban J connectivity index is 1.70. The Labute approximate surface area is 176 Å². The molecule has 0 heterocycles. The van der Waals surface area contributed by atoms with E-state index in [1.165, 1.54) is 12.2 Å². The lowest BCUT2D eigenvalue weighted by Crippen LogP contribution is -1.95. The van der Waals surface area contributed by atoms with Crippen molar-refractivity contribution in [2.45, 2.75) is 0 Å². The molecule has 3 rings (SSSR count). The van der Waals surface area contributed by atoms with Crippen molar-refractivity contribution < 1.29 is 19.1 Å². The maximum atomic E-state index is 12.4. The highest BCUT2D eigenvalue weighted by Crippen LogP contribution is 2.16. The van der Waals surface area contributed by atoms with Crippen molar-refractivity contribution >= 4 is 23.7 Å². The number of ether oxygens (including phenoxy) is 2. The number of hydrogen-bond donors (Lipinski definition) is 0. The van der Waals surface area contributed by atoms with E-state index in [9.17, 15) is 9.59 Å². The lowest BCUT2D eigenvalue weighted by Gasteiger charge is -2.02. The highest BCUT2D eigenvalue weighted by Gasteiger charge is 2.04. The normalized spacial score (nSPS) is 11.0. The van der Waals surface area contributed by atoms with E-state index in [4.69, 9.17) is 9.47 Å². The van der Waals surface area contributed by atoms with Crippen LogP contribution in [0.5, 0.6) is 11.5 Å². The number of hydrogen-bond acceptors (Lipinski definition) is 4. The molecule has 0 amide bonds. The second kappa shape index (κ2) is 10.0. The van der Waals surface area contributed by atoms with Crippen molar-refractivity contribution in [1.29, 1.82) is 0 Å². The maximum absolute atomic E-state index is 12.4. The summed E-state index contributed by atoms with van der Waals surface area (Å²) in [5, 5.41) is 0. The quantitative estimate of drug-likeness (QED) is 0.372. The van der Waals surface area contributed by atoms with E-state index in [1.54, 1.807) is 74.9 Å². The Hall–Kier alpha value is -3.92. The zero-order valence-corrected chi connectivity index (χ0v) is 16.9. The van der Waals surface area contributed by atoms with Gasteiger partial charge in [0.25, 0.3) is 0 Å². The number of benzene rings is 3. The number of methoxy groups -OCH3 is 2. The van der Waals surface area contributed by atoms with Gasteiger partial charge in [-0.25, -0.2) is 0 Å². The molecule has 0 fully saturated rings. The molecule has 0 bridgehead atoms. The van der Waals surface area contributed by atoms with E-state index < -0.39 is 0 Å². The fraction of sp³-hybridized carbons (Fsp3) is 0.0769. The Kier molecular flexibility index (Phi) is 6.95. The number of rotatable bonds is 8. The van der Waals surface area contributed by atoms with Crippen molar-refractivity contribution in [3.63, 3.8) is 0 Å². The lowest BCUT2D eigenvalue weighted by molar-refractivity contribution is 0.103. The second-order valence-corrected chi connectivity index (χ2v) is 6.53. The van der Waals surface area contributed by atoms with Crippen LogP contribution in [0.3, 0.4) is 0 Å². The molecule has 4 nitrogen and oxygen atoms in total. The Bertz CT molecular complexity index is 1020. The molecule has 0 N–H and O–H groups in total. The van der Waals surface area contributed by atoms with Crippen LogP contribution in [0.2, 0.25) is 0 Å². The Morgan fingerprint density at radius 2 is 1.07 bits per heavy atom. The van der Waals surface area contributed by atoms with Gasteiger partial charge in [-0.15, -0.1) is 0 Å². The molecule has 150 valence electrons. The van der Waals surface area contributed by atoms with Gasteiger partial charge in [-0.2, -0.15) is 0 Å². The topological polar surface area (TPSA) is 52.6 Å². The van der Waals surface area contributed by atoms with Gasteiger partial charge in [0.15, 0.2) is 11.6 Å². The van der Waals surface area contributed by atoms with E-state index >= 15 is 0 Å². The van der Waals surface area contributed by atoms with Crippen molar-refractivity contribution in [3.8, 4) is 11.5 Å². The highest BCUT2D eigenvalue weighted by molar-refractivity contribution is 6.07. The predicted molar refractivity (Wildman–Crippen MR) is 119 cm³/mol. The number of carbonyl (C=O) groups is 2. The van der Waals surface area contributed by atoms with Gasteiger partial charge in [-0.1, -0.05) is 54.6 Å². The number of carbonyl (C=O) groups excluding carboxylic acids is 2. The molecule has 0 aliphatic heterocycles. The summed E-state index contributed by atoms with van der Waals surface area (Å²) in [5.74, 6) is 1.07. The van der Waals surface area contributed by atoms with Crippen molar-refractivity contribution in [2.75, 3.05) is 14.2 Å². The molecule has 0 saturated heterocycles. The van der Waals surface area contributed by atoms with Crippen LogP contribution in [0, 0.1) is 0 Å². The van der Waals surface area contributed by atoms with Crippen LogP contribution < -0.4 is 9.47 Å². The van der Waals surface area contributed by atoms with Gasteiger partial charge >= 0.3 is 0 Å². The van der Waals surface area contributed by atoms with Crippen LogP contribution in [0.15, 0.2) is 84.9 Å². The molecule has 3 aromatic carbocycles. The first-order valence-corrected chi connectivity index (χ1v) is 9.42. The average molecular weight is 398 g/mol. The van der Waals surface area contributed by atoms with E-state index in [0.717, 1.165) is 11.1 Å². The molecule has 30 heavy (non-hydrogen) atoms. The fourth-order valence-corrected chi connectivity index (χ4v) is 2.86. The molecule has 0 aliphatic rings. The molecule has 0 atom stereocenters. The van der Waals surface area contributed by atoms with E-state index in [-0.39, 0.29) is 11.6 Å². The van der Waals surface area contributed by atoms with Crippen molar-refractivity contribution in [2.24, 2.45) is 0 Å².